The molecule has 0 bridgehead atoms. The minimum atomic E-state index is 0.130. The van der Waals surface area contributed by atoms with Crippen LogP contribution in [0.15, 0.2) is 35.1 Å². The van der Waals surface area contributed by atoms with Gasteiger partial charge in [0.2, 0.25) is 5.95 Å². The monoisotopic (exact) mass is 472 g/mol. The second kappa shape index (κ2) is 8.13. The molecule has 158 valence electrons. The SMILES string of the molecule is CC1OCCN(c2nc(-n3cnc4ccccc43)nc(N3CCOCC3)c2Br)C1C. The van der Waals surface area contributed by atoms with Gasteiger partial charge in [-0.3, -0.25) is 4.57 Å². The predicted octanol–water partition coefficient (Wildman–Crippen LogP) is 3.03. The van der Waals surface area contributed by atoms with Crippen molar-refractivity contribution in [1.29, 1.82) is 0 Å². The third-order valence-electron chi connectivity index (χ3n) is 5.94. The molecular weight excluding hydrogens is 448 g/mol. The van der Waals surface area contributed by atoms with Crippen LogP contribution in [-0.4, -0.2) is 71.1 Å². The second-order valence-corrected chi connectivity index (χ2v) is 8.49. The Labute approximate surface area is 184 Å². The Bertz CT molecular complexity index is 1050. The average molecular weight is 473 g/mol. The van der Waals surface area contributed by atoms with E-state index in [1.807, 2.05) is 28.8 Å². The Hall–Kier alpha value is -2.23. The number of hydrogen-bond donors (Lipinski definition) is 0. The summed E-state index contributed by atoms with van der Waals surface area (Å²) in [6.07, 6.45) is 1.93. The first kappa shape index (κ1) is 19.7. The number of halogens is 1. The van der Waals surface area contributed by atoms with Gasteiger partial charge < -0.3 is 19.3 Å². The third kappa shape index (κ3) is 3.44. The van der Waals surface area contributed by atoms with Crippen molar-refractivity contribution >= 4 is 38.6 Å². The zero-order valence-corrected chi connectivity index (χ0v) is 18.7. The Balaban J connectivity index is 1.67. The molecule has 2 aliphatic rings. The van der Waals surface area contributed by atoms with E-state index in [2.05, 4.69) is 44.6 Å². The highest BCUT2D eigenvalue weighted by Crippen LogP contribution is 2.36. The van der Waals surface area contributed by atoms with E-state index in [1.54, 1.807) is 6.33 Å². The molecule has 2 unspecified atom stereocenters. The molecule has 5 rings (SSSR count). The normalized spacial score (nSPS) is 22.6. The van der Waals surface area contributed by atoms with Crippen LogP contribution >= 0.6 is 15.9 Å². The number of aromatic nitrogens is 4. The predicted molar refractivity (Wildman–Crippen MR) is 120 cm³/mol. The highest BCUT2D eigenvalue weighted by Gasteiger charge is 2.31. The standard InChI is InChI=1S/C21H25BrN6O2/c1-14-15(2)30-12-9-27(14)20-18(22)19(26-7-10-29-11-8-26)24-21(25-20)28-13-23-16-5-3-4-6-17(16)28/h3-6,13-15H,7-12H2,1-2H3. The summed E-state index contributed by atoms with van der Waals surface area (Å²) in [5.74, 6) is 2.40. The van der Waals surface area contributed by atoms with Crippen molar-refractivity contribution in [3.05, 3.63) is 35.1 Å². The Morgan fingerprint density at radius 2 is 1.77 bits per heavy atom. The fraction of sp³-hybridized carbons (Fsp3) is 0.476. The number of morpholine rings is 2. The van der Waals surface area contributed by atoms with Crippen molar-refractivity contribution in [1.82, 2.24) is 19.5 Å². The summed E-state index contributed by atoms with van der Waals surface area (Å²) in [5.41, 5.74) is 1.91. The fourth-order valence-corrected chi connectivity index (χ4v) is 4.70. The van der Waals surface area contributed by atoms with Crippen LogP contribution in [0.3, 0.4) is 0 Å². The van der Waals surface area contributed by atoms with Gasteiger partial charge in [0.05, 0.1) is 43.0 Å². The van der Waals surface area contributed by atoms with Crippen LogP contribution in [0.25, 0.3) is 17.0 Å². The maximum absolute atomic E-state index is 5.85. The smallest absolute Gasteiger partial charge is 0.239 e. The summed E-state index contributed by atoms with van der Waals surface area (Å²) in [4.78, 5) is 19.1. The largest absolute Gasteiger partial charge is 0.378 e. The summed E-state index contributed by atoms with van der Waals surface area (Å²) in [6, 6.07) is 8.25. The zero-order chi connectivity index (χ0) is 20.7. The van der Waals surface area contributed by atoms with E-state index >= 15 is 0 Å². The fourth-order valence-electron chi connectivity index (χ4n) is 4.05. The topological polar surface area (TPSA) is 68.5 Å². The number of rotatable bonds is 3. The van der Waals surface area contributed by atoms with Crippen LogP contribution in [0, 0.1) is 0 Å². The molecule has 0 saturated carbocycles. The zero-order valence-electron chi connectivity index (χ0n) is 17.2. The minimum absolute atomic E-state index is 0.130. The van der Waals surface area contributed by atoms with Gasteiger partial charge in [0.1, 0.15) is 10.8 Å². The molecule has 30 heavy (non-hydrogen) atoms. The molecule has 9 heteroatoms. The van der Waals surface area contributed by atoms with Crippen LogP contribution in [0.5, 0.6) is 0 Å². The molecule has 0 spiro atoms. The molecule has 0 amide bonds. The van der Waals surface area contributed by atoms with Crippen molar-refractivity contribution < 1.29 is 9.47 Å². The first-order valence-corrected chi connectivity index (χ1v) is 11.1. The van der Waals surface area contributed by atoms with Crippen LogP contribution < -0.4 is 9.80 Å². The van der Waals surface area contributed by atoms with E-state index in [0.29, 0.717) is 25.8 Å². The van der Waals surface area contributed by atoms with Crippen LogP contribution in [0.2, 0.25) is 0 Å². The summed E-state index contributed by atoms with van der Waals surface area (Å²) in [6.45, 7) is 8.74. The Morgan fingerprint density at radius 1 is 1.00 bits per heavy atom. The molecule has 2 aliphatic heterocycles. The molecule has 4 heterocycles. The van der Waals surface area contributed by atoms with Gasteiger partial charge in [0.25, 0.3) is 0 Å². The number of ether oxygens (including phenoxy) is 2. The summed E-state index contributed by atoms with van der Waals surface area (Å²) < 4.78 is 14.3. The van der Waals surface area contributed by atoms with Crippen molar-refractivity contribution in [2.24, 2.45) is 0 Å². The van der Waals surface area contributed by atoms with Gasteiger partial charge in [-0.15, -0.1) is 0 Å². The number of nitrogens with zero attached hydrogens (tertiary/aromatic N) is 6. The lowest BCUT2D eigenvalue weighted by atomic mass is 10.1. The molecule has 0 aliphatic carbocycles. The molecule has 2 aromatic heterocycles. The molecule has 0 radical (unpaired) electrons. The van der Waals surface area contributed by atoms with Gasteiger partial charge in [0, 0.05) is 19.6 Å². The van der Waals surface area contributed by atoms with Gasteiger partial charge in [-0.05, 0) is 41.9 Å². The quantitative estimate of drug-likeness (QED) is 0.580. The van der Waals surface area contributed by atoms with Gasteiger partial charge in [-0.2, -0.15) is 9.97 Å². The average Bonchev–Trinajstić information content (AvgIpc) is 3.21. The van der Waals surface area contributed by atoms with Crippen molar-refractivity contribution in [2.45, 2.75) is 26.0 Å². The number of benzene rings is 1. The van der Waals surface area contributed by atoms with E-state index < -0.39 is 0 Å². The molecule has 3 aromatic rings. The lowest BCUT2D eigenvalue weighted by Crippen LogP contribution is -2.49. The minimum Gasteiger partial charge on any atom is -0.378 e. The van der Waals surface area contributed by atoms with E-state index in [4.69, 9.17) is 19.4 Å². The number of hydrogen-bond acceptors (Lipinski definition) is 7. The molecule has 2 atom stereocenters. The Morgan fingerprint density at radius 3 is 2.60 bits per heavy atom. The van der Waals surface area contributed by atoms with Crippen molar-refractivity contribution in [3.8, 4) is 5.95 Å². The summed E-state index contributed by atoms with van der Waals surface area (Å²) >= 11 is 3.83. The van der Waals surface area contributed by atoms with Gasteiger partial charge in [-0.1, -0.05) is 12.1 Å². The van der Waals surface area contributed by atoms with Gasteiger partial charge >= 0.3 is 0 Å². The van der Waals surface area contributed by atoms with E-state index in [1.165, 1.54) is 0 Å². The van der Waals surface area contributed by atoms with Crippen LogP contribution in [-0.2, 0) is 9.47 Å². The van der Waals surface area contributed by atoms with Gasteiger partial charge in [0.15, 0.2) is 11.6 Å². The highest BCUT2D eigenvalue weighted by atomic mass is 79.9. The van der Waals surface area contributed by atoms with Crippen LogP contribution in [0.4, 0.5) is 11.6 Å². The third-order valence-corrected chi connectivity index (χ3v) is 6.65. The second-order valence-electron chi connectivity index (χ2n) is 7.70. The summed E-state index contributed by atoms with van der Waals surface area (Å²) in [5, 5.41) is 0. The number of anilines is 2. The van der Waals surface area contributed by atoms with Crippen LogP contribution in [0.1, 0.15) is 13.8 Å². The maximum atomic E-state index is 5.85. The lowest BCUT2D eigenvalue weighted by molar-refractivity contribution is 0.0280. The van der Waals surface area contributed by atoms with Gasteiger partial charge in [-0.25, -0.2) is 4.98 Å². The van der Waals surface area contributed by atoms with Crippen molar-refractivity contribution in [3.63, 3.8) is 0 Å². The number of para-hydroxylation sites is 2. The van der Waals surface area contributed by atoms with Crippen molar-refractivity contribution in [2.75, 3.05) is 49.3 Å². The van der Waals surface area contributed by atoms with E-state index in [9.17, 15) is 0 Å². The first-order chi connectivity index (χ1) is 14.6. The van der Waals surface area contributed by atoms with E-state index in [0.717, 1.165) is 46.8 Å². The maximum Gasteiger partial charge on any atom is 0.239 e. The number of fused-ring (bicyclic) bond motifs is 1. The number of imidazole rings is 1. The highest BCUT2D eigenvalue weighted by molar-refractivity contribution is 9.10. The molecular formula is C21H25BrN6O2. The Kier molecular flexibility index (Phi) is 5.34. The lowest BCUT2D eigenvalue weighted by Gasteiger charge is -2.39. The molecule has 8 nitrogen and oxygen atoms in total. The molecule has 0 N–H and O–H groups in total. The van der Waals surface area contributed by atoms with E-state index in [-0.39, 0.29) is 12.1 Å². The summed E-state index contributed by atoms with van der Waals surface area (Å²) in [7, 11) is 0. The molecule has 1 aromatic carbocycles. The first-order valence-electron chi connectivity index (χ1n) is 10.3. The molecule has 2 saturated heterocycles. The molecule has 2 fully saturated rings.